The predicted octanol–water partition coefficient (Wildman–Crippen LogP) is 7.91. The normalized spacial score (nSPS) is 30.3. The van der Waals surface area contributed by atoms with Gasteiger partial charge in [-0.25, -0.2) is 0 Å². The Labute approximate surface area is 156 Å². The van der Waals surface area contributed by atoms with E-state index in [1.54, 1.807) is 11.1 Å². The van der Waals surface area contributed by atoms with Crippen LogP contribution in [0.5, 0.6) is 0 Å². The average Bonchev–Trinajstić information content (AvgIpc) is 2.69. The highest BCUT2D eigenvalue weighted by molar-refractivity contribution is 5.26. The Bertz CT molecular complexity index is 469. The molecule has 0 N–H and O–H groups in total. The van der Waals surface area contributed by atoms with Crippen molar-refractivity contribution in [2.24, 2.45) is 17.8 Å². The van der Waals surface area contributed by atoms with Crippen LogP contribution in [0.1, 0.15) is 108 Å². The van der Waals surface area contributed by atoms with Crippen LogP contribution in [0.25, 0.3) is 0 Å². The van der Waals surface area contributed by atoms with Crippen molar-refractivity contribution in [1.29, 1.82) is 0 Å². The van der Waals surface area contributed by atoms with Gasteiger partial charge in [0.05, 0.1) is 0 Å². The molecule has 0 radical (unpaired) electrons. The molecule has 3 rings (SSSR count). The molecule has 1 aromatic carbocycles. The number of hydrogen-bond donors (Lipinski definition) is 0. The van der Waals surface area contributed by atoms with Crippen LogP contribution in [0.15, 0.2) is 24.3 Å². The van der Waals surface area contributed by atoms with E-state index in [-0.39, 0.29) is 0 Å². The molecule has 0 atom stereocenters. The summed E-state index contributed by atoms with van der Waals surface area (Å²) >= 11 is 0. The zero-order valence-corrected chi connectivity index (χ0v) is 16.8. The van der Waals surface area contributed by atoms with E-state index < -0.39 is 0 Å². The standard InChI is InChI=1S/C25H40/c1-3-5-6-7-21-10-14-23(15-11-21)25-18-16-24(17-19-25)22-12-8-20(4-2)9-13-22/h10-11,14-15,20,22,24-25H,3-9,12-13,16-19H2,1-2H3/t20-,22-,24-,25-. The van der Waals surface area contributed by atoms with Gasteiger partial charge in [-0.15, -0.1) is 0 Å². The molecule has 0 unspecified atom stereocenters. The molecule has 2 saturated carbocycles. The van der Waals surface area contributed by atoms with E-state index in [4.69, 9.17) is 0 Å². The van der Waals surface area contributed by atoms with Gasteiger partial charge in [-0.05, 0) is 86.2 Å². The summed E-state index contributed by atoms with van der Waals surface area (Å²) in [4.78, 5) is 0. The van der Waals surface area contributed by atoms with Gasteiger partial charge in [-0.2, -0.15) is 0 Å². The van der Waals surface area contributed by atoms with Crippen LogP contribution in [0.4, 0.5) is 0 Å². The lowest BCUT2D eigenvalue weighted by Gasteiger charge is -2.38. The van der Waals surface area contributed by atoms with Crippen molar-refractivity contribution < 1.29 is 0 Å². The SMILES string of the molecule is CCCCCc1ccc([C@H]2CC[C@H]([C@H]3CC[C@H](CC)CC3)CC2)cc1. The third-order valence-electron chi connectivity index (χ3n) is 7.43. The summed E-state index contributed by atoms with van der Waals surface area (Å²) in [6.45, 7) is 4.67. The minimum atomic E-state index is 0.841. The Hall–Kier alpha value is -0.780. The monoisotopic (exact) mass is 340 g/mol. The molecular formula is C25H40. The van der Waals surface area contributed by atoms with Gasteiger partial charge < -0.3 is 0 Å². The van der Waals surface area contributed by atoms with E-state index >= 15 is 0 Å². The fourth-order valence-electron chi connectivity index (χ4n) is 5.53. The fraction of sp³-hybridized carbons (Fsp3) is 0.760. The first-order valence-corrected chi connectivity index (χ1v) is 11.4. The smallest absolute Gasteiger partial charge is 0.0162 e. The molecule has 2 aliphatic carbocycles. The molecule has 140 valence electrons. The minimum absolute atomic E-state index is 0.841. The first-order chi connectivity index (χ1) is 12.3. The van der Waals surface area contributed by atoms with E-state index in [1.807, 2.05) is 0 Å². The first kappa shape index (κ1) is 19.0. The van der Waals surface area contributed by atoms with E-state index in [0.717, 1.165) is 23.7 Å². The third kappa shape index (κ3) is 5.35. The molecule has 0 amide bonds. The van der Waals surface area contributed by atoms with Crippen molar-refractivity contribution in [2.45, 2.75) is 103 Å². The summed E-state index contributed by atoms with van der Waals surface area (Å²) in [6.07, 6.45) is 18.7. The Kier molecular flexibility index (Phi) is 7.44. The quantitative estimate of drug-likeness (QED) is 0.442. The molecule has 2 aliphatic rings. The molecular weight excluding hydrogens is 300 g/mol. The number of hydrogen-bond acceptors (Lipinski definition) is 0. The van der Waals surface area contributed by atoms with Crippen LogP contribution >= 0.6 is 0 Å². The molecule has 0 bridgehead atoms. The molecule has 0 spiro atoms. The van der Waals surface area contributed by atoms with Gasteiger partial charge in [-0.3, -0.25) is 0 Å². The Morgan fingerprint density at radius 1 is 0.720 bits per heavy atom. The van der Waals surface area contributed by atoms with Gasteiger partial charge in [0.25, 0.3) is 0 Å². The molecule has 0 nitrogen and oxygen atoms in total. The lowest BCUT2D eigenvalue weighted by Crippen LogP contribution is -2.25. The lowest BCUT2D eigenvalue weighted by atomic mass is 9.68. The van der Waals surface area contributed by atoms with Gasteiger partial charge in [0.2, 0.25) is 0 Å². The molecule has 25 heavy (non-hydrogen) atoms. The Morgan fingerprint density at radius 2 is 1.32 bits per heavy atom. The van der Waals surface area contributed by atoms with Crippen molar-refractivity contribution in [3.8, 4) is 0 Å². The highest BCUT2D eigenvalue weighted by Crippen LogP contribution is 2.44. The van der Waals surface area contributed by atoms with E-state index in [2.05, 4.69) is 38.1 Å². The second-order valence-electron chi connectivity index (χ2n) is 9.00. The van der Waals surface area contributed by atoms with Gasteiger partial charge in [0.15, 0.2) is 0 Å². The maximum absolute atomic E-state index is 2.44. The number of rotatable bonds is 7. The highest BCUT2D eigenvalue weighted by Gasteiger charge is 2.30. The topological polar surface area (TPSA) is 0 Å². The fourth-order valence-corrected chi connectivity index (χ4v) is 5.53. The largest absolute Gasteiger partial charge is 0.0654 e. The Balaban J connectivity index is 1.44. The maximum atomic E-state index is 2.44. The minimum Gasteiger partial charge on any atom is -0.0654 e. The van der Waals surface area contributed by atoms with Crippen LogP contribution in [-0.4, -0.2) is 0 Å². The van der Waals surface area contributed by atoms with Gasteiger partial charge >= 0.3 is 0 Å². The first-order valence-electron chi connectivity index (χ1n) is 11.4. The molecule has 0 saturated heterocycles. The molecule has 0 heterocycles. The van der Waals surface area contributed by atoms with Crippen molar-refractivity contribution >= 4 is 0 Å². The van der Waals surface area contributed by atoms with E-state index in [0.29, 0.717) is 0 Å². The molecule has 0 aliphatic heterocycles. The summed E-state index contributed by atoms with van der Waals surface area (Å²) in [6, 6.07) is 9.70. The Morgan fingerprint density at radius 3 is 1.88 bits per heavy atom. The molecule has 2 fully saturated rings. The van der Waals surface area contributed by atoms with Crippen molar-refractivity contribution in [3.05, 3.63) is 35.4 Å². The van der Waals surface area contributed by atoms with Crippen molar-refractivity contribution in [2.75, 3.05) is 0 Å². The zero-order chi connectivity index (χ0) is 17.5. The maximum Gasteiger partial charge on any atom is -0.0162 e. The van der Waals surface area contributed by atoms with Gasteiger partial charge in [0.1, 0.15) is 0 Å². The summed E-state index contributed by atoms with van der Waals surface area (Å²) < 4.78 is 0. The lowest BCUT2D eigenvalue weighted by molar-refractivity contribution is 0.158. The average molecular weight is 341 g/mol. The zero-order valence-electron chi connectivity index (χ0n) is 16.8. The summed E-state index contributed by atoms with van der Waals surface area (Å²) in [5.74, 6) is 3.99. The molecule has 0 aromatic heterocycles. The third-order valence-corrected chi connectivity index (χ3v) is 7.43. The van der Waals surface area contributed by atoms with Crippen LogP contribution in [0.2, 0.25) is 0 Å². The van der Waals surface area contributed by atoms with Crippen molar-refractivity contribution in [1.82, 2.24) is 0 Å². The summed E-state index contributed by atoms with van der Waals surface area (Å²) in [5, 5.41) is 0. The summed E-state index contributed by atoms with van der Waals surface area (Å²) in [5.41, 5.74) is 3.16. The van der Waals surface area contributed by atoms with Crippen LogP contribution in [-0.2, 0) is 6.42 Å². The van der Waals surface area contributed by atoms with Crippen LogP contribution in [0, 0.1) is 17.8 Å². The predicted molar refractivity (Wildman–Crippen MR) is 110 cm³/mol. The van der Waals surface area contributed by atoms with E-state index in [9.17, 15) is 0 Å². The molecule has 0 heteroatoms. The molecule has 1 aromatic rings. The van der Waals surface area contributed by atoms with Crippen molar-refractivity contribution in [3.63, 3.8) is 0 Å². The number of aryl methyl sites for hydroxylation is 1. The van der Waals surface area contributed by atoms with E-state index in [1.165, 1.54) is 83.5 Å². The van der Waals surface area contributed by atoms with Crippen LogP contribution < -0.4 is 0 Å². The second kappa shape index (κ2) is 9.79. The van der Waals surface area contributed by atoms with Gasteiger partial charge in [0, 0.05) is 0 Å². The number of benzene rings is 1. The highest BCUT2D eigenvalue weighted by atomic mass is 14.4. The second-order valence-corrected chi connectivity index (χ2v) is 9.00. The van der Waals surface area contributed by atoms with Crippen LogP contribution in [0.3, 0.4) is 0 Å². The number of unbranched alkanes of at least 4 members (excludes halogenated alkanes) is 2. The summed E-state index contributed by atoms with van der Waals surface area (Å²) in [7, 11) is 0. The van der Waals surface area contributed by atoms with Gasteiger partial charge in [-0.1, -0.05) is 70.2 Å².